The zero-order chi connectivity index (χ0) is 20.6. The van der Waals surface area contributed by atoms with Crippen LogP contribution in [0.15, 0.2) is 47.5 Å². The lowest BCUT2D eigenvalue weighted by Gasteiger charge is -2.55. The quantitative estimate of drug-likeness (QED) is 0.463. The van der Waals surface area contributed by atoms with Crippen molar-refractivity contribution in [2.24, 2.45) is 16.3 Å². The van der Waals surface area contributed by atoms with E-state index in [0.717, 1.165) is 17.1 Å². The maximum absolute atomic E-state index is 6.00. The van der Waals surface area contributed by atoms with E-state index in [0.29, 0.717) is 11.8 Å². The van der Waals surface area contributed by atoms with Crippen molar-refractivity contribution in [3.63, 3.8) is 0 Å². The van der Waals surface area contributed by atoms with E-state index >= 15 is 0 Å². The third-order valence-electron chi connectivity index (χ3n) is 7.73. The van der Waals surface area contributed by atoms with Crippen molar-refractivity contribution in [2.45, 2.75) is 71.1 Å². The molecule has 2 heteroatoms. The molecule has 0 bridgehead atoms. The van der Waals surface area contributed by atoms with Gasteiger partial charge in [0.2, 0.25) is 0 Å². The molecular formula is C27H34ClN. The van der Waals surface area contributed by atoms with E-state index in [4.69, 9.17) is 16.6 Å². The molecule has 0 unspecified atom stereocenters. The molecule has 0 saturated heterocycles. The Hall–Kier alpha value is -1.60. The van der Waals surface area contributed by atoms with Gasteiger partial charge in [-0.15, -0.1) is 0 Å². The second kappa shape index (κ2) is 7.91. The van der Waals surface area contributed by atoms with Gasteiger partial charge in [-0.2, -0.15) is 0 Å². The van der Waals surface area contributed by atoms with Crippen LogP contribution in [0.1, 0.15) is 81.5 Å². The van der Waals surface area contributed by atoms with Crippen LogP contribution in [0.3, 0.4) is 0 Å². The van der Waals surface area contributed by atoms with Gasteiger partial charge in [0.05, 0.1) is 0 Å². The lowest BCUT2D eigenvalue weighted by atomic mass is 9.50. The second-order valence-electron chi connectivity index (χ2n) is 10.1. The summed E-state index contributed by atoms with van der Waals surface area (Å²) in [6.45, 7) is 10.5. The molecule has 1 nitrogen and oxygen atoms in total. The summed E-state index contributed by atoms with van der Waals surface area (Å²) in [5, 5.41) is 0.777. The van der Waals surface area contributed by atoms with Crippen molar-refractivity contribution in [1.82, 2.24) is 0 Å². The average Bonchev–Trinajstić information content (AvgIpc) is 2.69. The number of aliphatic imine (C=N–C) groups is 1. The van der Waals surface area contributed by atoms with Crippen LogP contribution < -0.4 is 0 Å². The van der Waals surface area contributed by atoms with Crippen LogP contribution in [0.25, 0.3) is 0 Å². The lowest BCUT2D eigenvalue weighted by Crippen LogP contribution is -2.50. The number of hydrogen-bond acceptors (Lipinski definition) is 1. The van der Waals surface area contributed by atoms with Gasteiger partial charge in [0.25, 0.3) is 0 Å². The Morgan fingerprint density at radius 2 is 1.86 bits per heavy atom. The Morgan fingerprint density at radius 3 is 2.59 bits per heavy atom. The van der Waals surface area contributed by atoms with E-state index < -0.39 is 0 Å². The zero-order valence-corrected chi connectivity index (χ0v) is 19.1. The number of aryl methyl sites for hydroxylation is 1. The van der Waals surface area contributed by atoms with Gasteiger partial charge in [0.1, 0.15) is 0 Å². The number of rotatable bonds is 4. The van der Waals surface area contributed by atoms with Crippen LogP contribution in [0.2, 0.25) is 5.02 Å². The Balaban J connectivity index is 1.58. The van der Waals surface area contributed by atoms with Gasteiger partial charge in [0.15, 0.2) is 0 Å². The summed E-state index contributed by atoms with van der Waals surface area (Å²) < 4.78 is 0. The molecular weight excluding hydrogens is 374 g/mol. The van der Waals surface area contributed by atoms with Gasteiger partial charge >= 0.3 is 0 Å². The van der Waals surface area contributed by atoms with E-state index in [2.05, 4.69) is 45.9 Å². The van der Waals surface area contributed by atoms with E-state index in [9.17, 15) is 0 Å². The average molecular weight is 408 g/mol. The molecule has 0 spiro atoms. The molecule has 154 valence electrons. The minimum Gasteiger partial charge on any atom is -0.292 e. The molecule has 3 atom stereocenters. The zero-order valence-electron chi connectivity index (χ0n) is 18.3. The fourth-order valence-electron chi connectivity index (χ4n) is 6.10. The van der Waals surface area contributed by atoms with E-state index in [1.54, 1.807) is 11.1 Å². The molecule has 0 amide bonds. The number of halogens is 1. The lowest BCUT2D eigenvalue weighted by molar-refractivity contribution is 0.0332. The van der Waals surface area contributed by atoms with Gasteiger partial charge in [-0.05, 0) is 82.7 Å². The molecule has 0 aromatic heterocycles. The van der Waals surface area contributed by atoms with Crippen molar-refractivity contribution in [2.75, 3.05) is 6.54 Å². The van der Waals surface area contributed by atoms with Gasteiger partial charge < -0.3 is 0 Å². The maximum Gasteiger partial charge on any atom is 0.0446 e. The first kappa shape index (κ1) is 20.7. The molecule has 1 fully saturated rings. The number of benzene rings is 2. The normalized spacial score (nSPS) is 29.1. The monoisotopic (exact) mass is 407 g/mol. The molecule has 2 aromatic carbocycles. The number of fused-ring (bicyclic) bond motifs is 3. The Bertz CT molecular complexity index is 897. The molecule has 2 aliphatic rings. The maximum atomic E-state index is 6.00. The predicted molar refractivity (Wildman–Crippen MR) is 126 cm³/mol. The topological polar surface area (TPSA) is 12.4 Å². The first-order chi connectivity index (χ1) is 13.8. The fourth-order valence-corrected chi connectivity index (χ4v) is 6.23. The van der Waals surface area contributed by atoms with Gasteiger partial charge in [-0.3, -0.25) is 4.99 Å². The summed E-state index contributed by atoms with van der Waals surface area (Å²) in [6.07, 6.45) is 8.42. The SMILES string of the molecule is CC(C)c1ccc2c(c1)CC[C@H]1[C@](C)(CN=Cc3ccc(Cl)cc3)CCC[C@]21C. The van der Waals surface area contributed by atoms with E-state index in [-0.39, 0.29) is 10.8 Å². The van der Waals surface area contributed by atoms with Gasteiger partial charge in [-0.1, -0.05) is 76.0 Å². The highest BCUT2D eigenvalue weighted by Gasteiger charge is 2.51. The Morgan fingerprint density at radius 1 is 1.10 bits per heavy atom. The predicted octanol–water partition coefficient (Wildman–Crippen LogP) is 7.59. The molecule has 0 radical (unpaired) electrons. The fraction of sp³-hybridized carbons (Fsp3) is 0.519. The molecule has 0 aliphatic heterocycles. The van der Waals surface area contributed by atoms with Gasteiger partial charge in [0, 0.05) is 17.8 Å². The van der Waals surface area contributed by atoms with Crippen LogP contribution in [-0.4, -0.2) is 12.8 Å². The first-order valence-electron chi connectivity index (χ1n) is 11.2. The Labute approximate surface area is 181 Å². The molecule has 29 heavy (non-hydrogen) atoms. The van der Waals surface area contributed by atoms with E-state index in [1.807, 2.05) is 30.5 Å². The van der Waals surface area contributed by atoms with Crippen molar-refractivity contribution < 1.29 is 0 Å². The van der Waals surface area contributed by atoms with Crippen molar-refractivity contribution in [3.8, 4) is 0 Å². The standard InChI is InChI=1S/C27H34ClN/c1-19(2)21-8-12-24-22(16-21)9-13-25-26(3,14-5-15-27(24,25)4)18-29-17-20-6-10-23(28)11-7-20/h6-8,10-12,16-17,19,25H,5,9,13-15,18H2,1-4H3/t25-,26-,27+/m0/s1. The number of nitrogens with zero attached hydrogens (tertiary/aromatic N) is 1. The minimum atomic E-state index is 0.268. The summed E-state index contributed by atoms with van der Waals surface area (Å²) >= 11 is 6.00. The van der Waals surface area contributed by atoms with Crippen LogP contribution in [0.4, 0.5) is 0 Å². The van der Waals surface area contributed by atoms with Crippen molar-refractivity contribution in [3.05, 3.63) is 69.7 Å². The van der Waals surface area contributed by atoms with Crippen molar-refractivity contribution >= 4 is 17.8 Å². The van der Waals surface area contributed by atoms with E-state index in [1.165, 1.54) is 37.7 Å². The molecule has 4 rings (SSSR count). The third kappa shape index (κ3) is 3.91. The molecule has 0 heterocycles. The smallest absolute Gasteiger partial charge is 0.0446 e. The summed E-state index contributed by atoms with van der Waals surface area (Å²) in [5.74, 6) is 1.30. The van der Waals surface area contributed by atoms with Crippen LogP contribution >= 0.6 is 11.6 Å². The minimum absolute atomic E-state index is 0.268. The highest BCUT2D eigenvalue weighted by atomic mass is 35.5. The van der Waals surface area contributed by atoms with Crippen LogP contribution in [-0.2, 0) is 11.8 Å². The van der Waals surface area contributed by atoms with Crippen molar-refractivity contribution in [1.29, 1.82) is 0 Å². The summed E-state index contributed by atoms with van der Waals surface area (Å²) in [4.78, 5) is 4.91. The van der Waals surface area contributed by atoms with Crippen LogP contribution in [0, 0.1) is 11.3 Å². The summed E-state index contributed by atoms with van der Waals surface area (Å²) in [7, 11) is 0. The summed E-state index contributed by atoms with van der Waals surface area (Å²) in [5.41, 5.74) is 6.38. The highest BCUT2D eigenvalue weighted by molar-refractivity contribution is 6.30. The largest absolute Gasteiger partial charge is 0.292 e. The molecule has 2 aliphatic carbocycles. The highest BCUT2D eigenvalue weighted by Crippen LogP contribution is 2.57. The second-order valence-corrected chi connectivity index (χ2v) is 10.5. The first-order valence-corrected chi connectivity index (χ1v) is 11.6. The summed E-state index contributed by atoms with van der Waals surface area (Å²) in [6, 6.07) is 15.3. The third-order valence-corrected chi connectivity index (χ3v) is 7.98. The number of hydrogen-bond donors (Lipinski definition) is 0. The molecule has 1 saturated carbocycles. The molecule has 2 aromatic rings. The Kier molecular flexibility index (Phi) is 5.64. The molecule has 0 N–H and O–H groups in total. The van der Waals surface area contributed by atoms with Crippen LogP contribution in [0.5, 0.6) is 0 Å². The van der Waals surface area contributed by atoms with Gasteiger partial charge in [-0.25, -0.2) is 0 Å².